The van der Waals surface area contributed by atoms with Crippen LogP contribution >= 0.6 is 0 Å². The van der Waals surface area contributed by atoms with Gasteiger partial charge in [-0.15, -0.1) is 0 Å². The van der Waals surface area contributed by atoms with E-state index in [1.165, 1.54) is 0 Å². The number of methoxy groups -OCH3 is 2. The Bertz CT molecular complexity index is 547. The zero-order valence-corrected chi connectivity index (χ0v) is 14.1. The lowest BCUT2D eigenvalue weighted by atomic mass is 9.88. The molecule has 0 spiro atoms. The van der Waals surface area contributed by atoms with E-state index in [0.29, 0.717) is 18.1 Å². The number of carbonyl (C=O) groups is 1. The van der Waals surface area contributed by atoms with Crippen molar-refractivity contribution in [3.63, 3.8) is 0 Å². The predicted octanol–water partition coefficient (Wildman–Crippen LogP) is 0.228. The minimum Gasteiger partial charge on any atom is -0.383 e. The summed E-state index contributed by atoms with van der Waals surface area (Å²) in [6.07, 6.45) is 4.56. The molecule has 3 heterocycles. The van der Waals surface area contributed by atoms with Crippen LogP contribution in [-0.2, 0) is 16.5 Å². The molecule has 1 aromatic rings. The summed E-state index contributed by atoms with van der Waals surface area (Å²) in [5, 5.41) is 4.12. The SMILES string of the molecule is COCCN1C[C@H]2[C@H](OC)CCN(C(=O)c3cnn(C)c3)[C@H]2C1. The molecule has 3 rings (SSSR count). The van der Waals surface area contributed by atoms with Crippen molar-refractivity contribution in [1.29, 1.82) is 0 Å². The standard InChI is InChI=1S/C16H26N4O3/c1-18-9-12(8-17-18)16(21)20-5-4-15(23-3)13-10-19(6-7-22-2)11-14(13)20/h8-9,13-15H,4-7,10-11H2,1-3H3/t13-,14+,15-/m1/s1. The minimum atomic E-state index is 0.0799. The lowest BCUT2D eigenvalue weighted by molar-refractivity contribution is -0.0157. The molecular weight excluding hydrogens is 296 g/mol. The predicted molar refractivity (Wildman–Crippen MR) is 85.3 cm³/mol. The third kappa shape index (κ3) is 3.27. The Kier molecular flexibility index (Phi) is 4.99. The Morgan fingerprint density at radius 1 is 1.39 bits per heavy atom. The first-order valence-electron chi connectivity index (χ1n) is 8.17. The van der Waals surface area contributed by atoms with Gasteiger partial charge in [0.15, 0.2) is 0 Å². The first-order valence-corrected chi connectivity index (χ1v) is 8.17. The van der Waals surface area contributed by atoms with Crippen molar-refractivity contribution in [2.24, 2.45) is 13.0 Å². The van der Waals surface area contributed by atoms with Gasteiger partial charge in [-0.3, -0.25) is 14.4 Å². The summed E-state index contributed by atoms with van der Waals surface area (Å²) in [4.78, 5) is 17.3. The van der Waals surface area contributed by atoms with Crippen LogP contribution in [0.3, 0.4) is 0 Å². The molecule has 128 valence electrons. The highest BCUT2D eigenvalue weighted by Gasteiger charge is 2.46. The zero-order valence-electron chi connectivity index (χ0n) is 14.1. The van der Waals surface area contributed by atoms with Crippen LogP contribution in [0.15, 0.2) is 12.4 Å². The minimum absolute atomic E-state index is 0.0799. The van der Waals surface area contributed by atoms with E-state index in [9.17, 15) is 4.79 Å². The monoisotopic (exact) mass is 322 g/mol. The van der Waals surface area contributed by atoms with Crippen molar-refractivity contribution in [2.45, 2.75) is 18.6 Å². The van der Waals surface area contributed by atoms with Gasteiger partial charge in [-0.1, -0.05) is 0 Å². The Morgan fingerprint density at radius 2 is 2.22 bits per heavy atom. The molecule has 0 unspecified atom stereocenters. The van der Waals surface area contributed by atoms with Crippen molar-refractivity contribution in [1.82, 2.24) is 19.6 Å². The first kappa shape index (κ1) is 16.4. The third-order valence-electron chi connectivity index (χ3n) is 5.07. The van der Waals surface area contributed by atoms with E-state index in [1.54, 1.807) is 31.3 Å². The van der Waals surface area contributed by atoms with Gasteiger partial charge >= 0.3 is 0 Å². The smallest absolute Gasteiger partial charge is 0.257 e. The normalized spacial score (nSPS) is 28.1. The number of aromatic nitrogens is 2. The largest absolute Gasteiger partial charge is 0.383 e. The molecule has 2 aliphatic rings. The van der Waals surface area contributed by atoms with Gasteiger partial charge in [0.25, 0.3) is 5.91 Å². The van der Waals surface area contributed by atoms with E-state index in [2.05, 4.69) is 10.00 Å². The molecule has 0 saturated carbocycles. The van der Waals surface area contributed by atoms with Crippen LogP contribution in [0.2, 0.25) is 0 Å². The zero-order chi connectivity index (χ0) is 16.4. The van der Waals surface area contributed by atoms with Crippen molar-refractivity contribution in [3.8, 4) is 0 Å². The number of aryl methyl sites for hydroxylation is 1. The molecule has 1 amide bonds. The molecule has 0 N–H and O–H groups in total. The molecule has 1 aromatic heterocycles. The van der Waals surface area contributed by atoms with Gasteiger partial charge in [-0.2, -0.15) is 5.10 Å². The highest BCUT2D eigenvalue weighted by atomic mass is 16.5. The molecule has 7 nitrogen and oxygen atoms in total. The van der Waals surface area contributed by atoms with Gasteiger partial charge < -0.3 is 14.4 Å². The van der Waals surface area contributed by atoms with Crippen LogP contribution < -0.4 is 0 Å². The van der Waals surface area contributed by atoms with Gasteiger partial charge in [-0.05, 0) is 6.42 Å². The maximum atomic E-state index is 12.9. The van der Waals surface area contributed by atoms with Gasteiger partial charge in [-0.25, -0.2) is 0 Å². The molecule has 2 fully saturated rings. The number of nitrogens with zero attached hydrogens (tertiary/aromatic N) is 4. The molecule has 7 heteroatoms. The average Bonchev–Trinajstić information content (AvgIpc) is 3.17. The average molecular weight is 322 g/mol. The van der Waals surface area contributed by atoms with Crippen molar-refractivity contribution >= 4 is 5.91 Å². The van der Waals surface area contributed by atoms with E-state index >= 15 is 0 Å². The Morgan fingerprint density at radius 3 is 2.87 bits per heavy atom. The number of fused-ring (bicyclic) bond motifs is 1. The highest BCUT2D eigenvalue weighted by molar-refractivity contribution is 5.94. The van der Waals surface area contributed by atoms with Crippen LogP contribution in [0.25, 0.3) is 0 Å². The molecule has 0 aromatic carbocycles. The van der Waals surface area contributed by atoms with E-state index in [4.69, 9.17) is 9.47 Å². The lowest BCUT2D eigenvalue weighted by Gasteiger charge is -2.41. The van der Waals surface area contributed by atoms with Crippen molar-refractivity contribution in [2.75, 3.05) is 47.0 Å². The van der Waals surface area contributed by atoms with Crippen LogP contribution in [0, 0.1) is 5.92 Å². The molecular formula is C16H26N4O3. The Labute approximate surface area is 137 Å². The number of hydrogen-bond donors (Lipinski definition) is 0. The number of amides is 1. The number of likely N-dealkylation sites (tertiary alicyclic amines) is 2. The van der Waals surface area contributed by atoms with Crippen LogP contribution in [0.4, 0.5) is 0 Å². The van der Waals surface area contributed by atoms with Gasteiger partial charge in [0.1, 0.15) is 0 Å². The summed E-state index contributed by atoms with van der Waals surface area (Å²) in [6, 6.07) is 0.207. The van der Waals surface area contributed by atoms with E-state index < -0.39 is 0 Å². The van der Waals surface area contributed by atoms with E-state index in [-0.39, 0.29) is 18.1 Å². The third-order valence-corrected chi connectivity index (χ3v) is 5.07. The molecule has 23 heavy (non-hydrogen) atoms. The lowest BCUT2D eigenvalue weighted by Crippen LogP contribution is -2.53. The summed E-state index contributed by atoms with van der Waals surface area (Å²) in [7, 11) is 5.33. The van der Waals surface area contributed by atoms with Gasteiger partial charge in [0.05, 0.1) is 30.5 Å². The van der Waals surface area contributed by atoms with Crippen LogP contribution in [0.5, 0.6) is 0 Å². The van der Waals surface area contributed by atoms with Crippen molar-refractivity contribution in [3.05, 3.63) is 18.0 Å². The number of rotatable bonds is 5. The molecule has 2 saturated heterocycles. The second-order valence-corrected chi connectivity index (χ2v) is 6.45. The quantitative estimate of drug-likeness (QED) is 0.776. The summed E-state index contributed by atoms with van der Waals surface area (Å²) >= 11 is 0. The van der Waals surface area contributed by atoms with Crippen LogP contribution in [0.1, 0.15) is 16.8 Å². The summed E-state index contributed by atoms with van der Waals surface area (Å²) < 4.78 is 12.5. The van der Waals surface area contributed by atoms with Crippen molar-refractivity contribution < 1.29 is 14.3 Å². The molecule has 0 radical (unpaired) electrons. The van der Waals surface area contributed by atoms with Gasteiger partial charge in [0, 0.05) is 59.6 Å². The summed E-state index contributed by atoms with van der Waals surface area (Å²) in [5.41, 5.74) is 0.664. The first-order chi connectivity index (χ1) is 11.1. The second kappa shape index (κ2) is 6.98. The number of ether oxygens (including phenoxy) is 2. The molecule has 0 aliphatic carbocycles. The fourth-order valence-electron chi connectivity index (χ4n) is 3.88. The topological polar surface area (TPSA) is 59.8 Å². The van der Waals surface area contributed by atoms with E-state index in [0.717, 1.165) is 32.6 Å². The highest BCUT2D eigenvalue weighted by Crippen LogP contribution is 2.33. The molecule has 2 aliphatic heterocycles. The van der Waals surface area contributed by atoms with Gasteiger partial charge in [0.2, 0.25) is 0 Å². The second-order valence-electron chi connectivity index (χ2n) is 6.45. The maximum absolute atomic E-state index is 12.9. The van der Waals surface area contributed by atoms with Crippen LogP contribution in [-0.4, -0.2) is 84.6 Å². The Balaban J connectivity index is 1.75. The fraction of sp³-hybridized carbons (Fsp3) is 0.750. The Hall–Kier alpha value is -1.44. The fourth-order valence-corrected chi connectivity index (χ4v) is 3.88. The number of carbonyl (C=O) groups excluding carboxylic acids is 1. The summed E-state index contributed by atoms with van der Waals surface area (Å²) in [6.45, 7) is 4.21. The molecule has 0 bridgehead atoms. The molecule has 3 atom stereocenters. The number of piperidine rings is 1. The number of hydrogen-bond acceptors (Lipinski definition) is 5. The maximum Gasteiger partial charge on any atom is 0.257 e. The summed E-state index contributed by atoms with van der Waals surface area (Å²) in [5.74, 6) is 0.447. The van der Waals surface area contributed by atoms with E-state index in [1.807, 2.05) is 11.9 Å².